The molecule has 1 aromatic heterocycles. The Kier molecular flexibility index (Phi) is 4.98. The summed E-state index contributed by atoms with van der Waals surface area (Å²) in [4.78, 5) is 15.2. The molecule has 0 bridgehead atoms. The predicted molar refractivity (Wildman–Crippen MR) is 103 cm³/mol. The van der Waals surface area contributed by atoms with E-state index >= 15 is 0 Å². The number of nitrogens with one attached hydrogen (secondary N) is 2. The average Bonchev–Trinajstić information content (AvgIpc) is 3.01. The van der Waals surface area contributed by atoms with Crippen LogP contribution in [0.2, 0.25) is 0 Å². The fraction of sp³-hybridized carbons (Fsp3) is 0.238. The lowest BCUT2D eigenvalue weighted by atomic mass is 9.96. The van der Waals surface area contributed by atoms with Crippen molar-refractivity contribution >= 4 is 23.0 Å². The normalized spacial score (nSPS) is 11.3. The number of benzene rings is 2. The van der Waals surface area contributed by atoms with Crippen LogP contribution in [0.4, 0.5) is 0 Å². The molecule has 0 fully saturated rings. The molecule has 4 heteroatoms. The number of aromatic amines is 1. The number of rotatable bonds is 5. The van der Waals surface area contributed by atoms with Gasteiger partial charge in [0.05, 0.1) is 6.21 Å². The molecule has 3 aromatic rings. The van der Waals surface area contributed by atoms with E-state index in [2.05, 4.69) is 48.4 Å². The highest BCUT2D eigenvalue weighted by Crippen LogP contribution is 2.18. The minimum Gasteiger partial charge on any atom is -0.361 e. The summed E-state index contributed by atoms with van der Waals surface area (Å²) in [5.74, 6) is -0.0726. The van der Waals surface area contributed by atoms with E-state index in [1.165, 1.54) is 22.3 Å². The van der Waals surface area contributed by atoms with Crippen molar-refractivity contribution in [1.82, 2.24) is 10.4 Å². The van der Waals surface area contributed by atoms with Crippen LogP contribution in [0.1, 0.15) is 34.2 Å². The fourth-order valence-corrected chi connectivity index (χ4v) is 3.22. The van der Waals surface area contributed by atoms with E-state index in [9.17, 15) is 4.79 Å². The highest BCUT2D eigenvalue weighted by molar-refractivity contribution is 5.89. The molecule has 0 radical (unpaired) electrons. The minimum atomic E-state index is -0.0726. The molecule has 0 aliphatic heterocycles. The van der Waals surface area contributed by atoms with Crippen molar-refractivity contribution in [3.05, 3.63) is 70.4 Å². The Bertz CT molecular complexity index is 914. The largest absolute Gasteiger partial charge is 0.361 e. The third kappa shape index (κ3) is 4.15. The molecule has 0 aliphatic carbocycles. The highest BCUT2D eigenvalue weighted by atomic mass is 16.2. The van der Waals surface area contributed by atoms with E-state index in [4.69, 9.17) is 0 Å². The van der Waals surface area contributed by atoms with E-state index in [1.807, 2.05) is 30.5 Å². The number of amides is 1. The van der Waals surface area contributed by atoms with E-state index in [-0.39, 0.29) is 5.91 Å². The molecule has 4 nitrogen and oxygen atoms in total. The van der Waals surface area contributed by atoms with Crippen LogP contribution in [0.25, 0.3) is 10.9 Å². The van der Waals surface area contributed by atoms with E-state index in [0.717, 1.165) is 22.9 Å². The van der Waals surface area contributed by atoms with E-state index < -0.39 is 0 Å². The Morgan fingerprint density at radius 3 is 2.64 bits per heavy atom. The summed E-state index contributed by atoms with van der Waals surface area (Å²) in [5.41, 5.74) is 9.61. The molecule has 2 N–H and O–H groups in total. The van der Waals surface area contributed by atoms with Crippen molar-refractivity contribution in [1.29, 1.82) is 0 Å². The number of aromatic nitrogens is 1. The van der Waals surface area contributed by atoms with E-state index in [0.29, 0.717) is 6.42 Å². The van der Waals surface area contributed by atoms with Gasteiger partial charge in [-0.3, -0.25) is 4.79 Å². The number of carbonyl (C=O) groups excluding carboxylic acids is 1. The molecule has 1 amide bonds. The summed E-state index contributed by atoms with van der Waals surface area (Å²) in [6.07, 6.45) is 4.73. The second-order valence-corrected chi connectivity index (χ2v) is 6.49. The summed E-state index contributed by atoms with van der Waals surface area (Å²) >= 11 is 0. The summed E-state index contributed by atoms with van der Waals surface area (Å²) in [7, 11) is 0. The Labute approximate surface area is 148 Å². The first-order valence-electron chi connectivity index (χ1n) is 8.49. The zero-order valence-electron chi connectivity index (χ0n) is 14.9. The van der Waals surface area contributed by atoms with Gasteiger partial charge in [-0.1, -0.05) is 29.8 Å². The van der Waals surface area contributed by atoms with Gasteiger partial charge in [-0.2, -0.15) is 5.10 Å². The van der Waals surface area contributed by atoms with Crippen LogP contribution in [0, 0.1) is 20.8 Å². The van der Waals surface area contributed by atoms with Gasteiger partial charge in [-0.05, 0) is 67.0 Å². The Morgan fingerprint density at radius 2 is 1.88 bits per heavy atom. The number of H-pyrrole nitrogens is 1. The van der Waals surface area contributed by atoms with Crippen molar-refractivity contribution in [3.63, 3.8) is 0 Å². The summed E-state index contributed by atoms with van der Waals surface area (Å²) < 4.78 is 0. The lowest BCUT2D eigenvalue weighted by Crippen LogP contribution is -2.18. The molecular weight excluding hydrogens is 310 g/mol. The maximum absolute atomic E-state index is 12.0. The van der Waals surface area contributed by atoms with Crippen LogP contribution in [0.5, 0.6) is 0 Å². The molecule has 0 saturated carbocycles. The number of aryl methyl sites for hydroxylation is 3. The van der Waals surface area contributed by atoms with Gasteiger partial charge in [0.25, 0.3) is 0 Å². The molecule has 0 saturated heterocycles. The molecule has 0 atom stereocenters. The summed E-state index contributed by atoms with van der Waals surface area (Å²) in [6, 6.07) is 12.4. The molecule has 0 unspecified atom stereocenters. The standard InChI is InChI=1S/C21H23N3O/c1-14-10-15(2)19(16(3)11-14)6-7-21(25)24-23-13-17-4-5-18-8-9-22-20(18)12-17/h4-5,8-13,22H,6-7H2,1-3H3,(H,24,25)/b23-13+. The molecule has 0 aliphatic rings. The second-order valence-electron chi connectivity index (χ2n) is 6.49. The van der Waals surface area contributed by atoms with Gasteiger partial charge < -0.3 is 4.98 Å². The Balaban J connectivity index is 1.56. The fourth-order valence-electron chi connectivity index (χ4n) is 3.22. The quantitative estimate of drug-likeness (QED) is 0.534. The van der Waals surface area contributed by atoms with Gasteiger partial charge in [0.1, 0.15) is 0 Å². The SMILES string of the molecule is Cc1cc(C)c(CCC(=O)N/N=C/c2ccc3cc[nH]c3c2)c(C)c1. The first-order valence-corrected chi connectivity index (χ1v) is 8.49. The molecule has 2 aromatic carbocycles. The Hall–Kier alpha value is -2.88. The van der Waals surface area contributed by atoms with Crippen LogP contribution >= 0.6 is 0 Å². The topological polar surface area (TPSA) is 57.2 Å². The first-order chi connectivity index (χ1) is 12.0. The first kappa shape index (κ1) is 17.0. The summed E-state index contributed by atoms with van der Waals surface area (Å²) in [5, 5.41) is 5.22. The average molecular weight is 333 g/mol. The third-order valence-electron chi connectivity index (χ3n) is 4.42. The van der Waals surface area contributed by atoms with Crippen molar-refractivity contribution in [2.75, 3.05) is 0 Å². The lowest BCUT2D eigenvalue weighted by Gasteiger charge is -2.10. The second kappa shape index (κ2) is 7.34. The number of nitrogens with zero attached hydrogens (tertiary/aromatic N) is 1. The highest BCUT2D eigenvalue weighted by Gasteiger charge is 2.07. The summed E-state index contributed by atoms with van der Waals surface area (Å²) in [6.45, 7) is 6.29. The van der Waals surface area contributed by atoms with E-state index in [1.54, 1.807) is 6.21 Å². The van der Waals surface area contributed by atoms with Gasteiger partial charge >= 0.3 is 0 Å². The molecular formula is C21H23N3O. The number of carbonyl (C=O) groups is 1. The van der Waals surface area contributed by atoms with Gasteiger partial charge in [0.15, 0.2) is 0 Å². The van der Waals surface area contributed by atoms with Crippen molar-refractivity contribution in [3.8, 4) is 0 Å². The maximum atomic E-state index is 12.0. The number of hydrazone groups is 1. The van der Waals surface area contributed by atoms with Crippen molar-refractivity contribution < 1.29 is 4.79 Å². The minimum absolute atomic E-state index is 0.0726. The van der Waals surface area contributed by atoms with Gasteiger partial charge in [-0.15, -0.1) is 0 Å². The van der Waals surface area contributed by atoms with Crippen molar-refractivity contribution in [2.45, 2.75) is 33.6 Å². The number of hydrogen-bond donors (Lipinski definition) is 2. The predicted octanol–water partition coefficient (Wildman–Crippen LogP) is 4.18. The molecule has 0 spiro atoms. The smallest absolute Gasteiger partial charge is 0.240 e. The monoisotopic (exact) mass is 333 g/mol. The number of fused-ring (bicyclic) bond motifs is 1. The number of hydrogen-bond acceptors (Lipinski definition) is 2. The zero-order chi connectivity index (χ0) is 17.8. The van der Waals surface area contributed by atoms with Gasteiger partial charge in [0.2, 0.25) is 5.91 Å². The molecule has 1 heterocycles. The van der Waals surface area contributed by atoms with Crippen LogP contribution in [0.3, 0.4) is 0 Å². The van der Waals surface area contributed by atoms with Crippen LogP contribution in [-0.4, -0.2) is 17.1 Å². The van der Waals surface area contributed by atoms with Gasteiger partial charge in [-0.25, -0.2) is 5.43 Å². The molecule has 3 rings (SSSR count). The molecule has 25 heavy (non-hydrogen) atoms. The van der Waals surface area contributed by atoms with Crippen LogP contribution < -0.4 is 5.43 Å². The Morgan fingerprint density at radius 1 is 1.12 bits per heavy atom. The van der Waals surface area contributed by atoms with Crippen LogP contribution in [0.15, 0.2) is 47.7 Å². The molecule has 128 valence electrons. The van der Waals surface area contributed by atoms with Crippen molar-refractivity contribution in [2.24, 2.45) is 5.10 Å². The lowest BCUT2D eigenvalue weighted by molar-refractivity contribution is -0.121. The zero-order valence-corrected chi connectivity index (χ0v) is 14.9. The van der Waals surface area contributed by atoms with Gasteiger partial charge in [0, 0.05) is 18.1 Å². The maximum Gasteiger partial charge on any atom is 0.240 e. The van der Waals surface area contributed by atoms with Crippen LogP contribution in [-0.2, 0) is 11.2 Å². The third-order valence-corrected chi connectivity index (χ3v) is 4.42.